The van der Waals surface area contributed by atoms with Gasteiger partial charge in [-0.05, 0) is 50.1 Å². The van der Waals surface area contributed by atoms with Crippen LogP contribution in [-0.2, 0) is 24.6 Å². The second-order valence-corrected chi connectivity index (χ2v) is 12.4. The third kappa shape index (κ3) is 5.34. The highest BCUT2D eigenvalue weighted by molar-refractivity contribution is 9.10. The summed E-state index contributed by atoms with van der Waals surface area (Å²) in [6, 6.07) is 4.44. The summed E-state index contributed by atoms with van der Waals surface area (Å²) in [6.45, 7) is 6.00. The average molecular weight is 495 g/mol. The molecule has 10 heteroatoms. The molecule has 2 aliphatic rings. The van der Waals surface area contributed by atoms with Crippen molar-refractivity contribution in [3.8, 4) is 0 Å². The molecule has 1 aromatic carbocycles. The van der Waals surface area contributed by atoms with Crippen LogP contribution in [0.1, 0.15) is 18.4 Å². The normalized spacial score (nSPS) is 23.3. The monoisotopic (exact) mass is 494 g/mol. The van der Waals surface area contributed by atoms with Crippen molar-refractivity contribution in [1.29, 1.82) is 0 Å². The van der Waals surface area contributed by atoms with Crippen LogP contribution in [0.3, 0.4) is 0 Å². The first-order chi connectivity index (χ1) is 13.2. The fourth-order valence-corrected chi connectivity index (χ4v) is 7.54. The summed E-state index contributed by atoms with van der Waals surface area (Å²) in [6.07, 6.45) is 1.01. The molecule has 28 heavy (non-hydrogen) atoms. The van der Waals surface area contributed by atoms with Crippen molar-refractivity contribution in [2.75, 3.05) is 50.9 Å². The highest BCUT2D eigenvalue weighted by Crippen LogP contribution is 2.27. The minimum Gasteiger partial charge on any atom is -0.379 e. The Labute approximate surface area is 176 Å². The van der Waals surface area contributed by atoms with E-state index in [0.29, 0.717) is 32.6 Å². The summed E-state index contributed by atoms with van der Waals surface area (Å²) >= 11 is 3.40. The Kier molecular flexibility index (Phi) is 7.20. The summed E-state index contributed by atoms with van der Waals surface area (Å²) in [5.74, 6) is -0.0498. The van der Waals surface area contributed by atoms with Crippen LogP contribution in [0.4, 0.5) is 0 Å². The zero-order valence-electron chi connectivity index (χ0n) is 16.0. The fourth-order valence-electron chi connectivity index (χ4n) is 3.69. The first-order valence-corrected chi connectivity index (χ1v) is 13.5. The maximum atomic E-state index is 13.4. The van der Waals surface area contributed by atoms with Crippen LogP contribution in [0, 0.1) is 6.92 Å². The van der Waals surface area contributed by atoms with E-state index in [1.807, 2.05) is 6.92 Å². The molecule has 1 aromatic rings. The van der Waals surface area contributed by atoms with Crippen molar-refractivity contribution >= 4 is 35.8 Å². The second-order valence-electron chi connectivity index (χ2n) is 7.39. The standard InChI is InChI=1S/C18H27BrN2O5S2/c1-15-13-17(3-4-18(15)19)28(24,25)21(16-5-12-27(22,23)14-16)7-2-6-20-8-10-26-11-9-20/h3-4,13,16H,2,5-12,14H2,1H3. The van der Waals surface area contributed by atoms with E-state index in [1.54, 1.807) is 18.2 Å². The summed E-state index contributed by atoms with van der Waals surface area (Å²) in [7, 11) is -6.96. The molecular formula is C18H27BrN2O5S2. The number of hydrogen-bond donors (Lipinski definition) is 0. The molecule has 3 rings (SSSR count). The van der Waals surface area contributed by atoms with Crippen LogP contribution in [0.5, 0.6) is 0 Å². The number of nitrogens with zero attached hydrogens (tertiary/aromatic N) is 2. The summed E-state index contributed by atoms with van der Waals surface area (Å²) in [5.41, 5.74) is 0.827. The van der Waals surface area contributed by atoms with E-state index in [-0.39, 0.29) is 16.4 Å². The molecule has 0 aliphatic carbocycles. The number of sulfone groups is 1. The van der Waals surface area contributed by atoms with Crippen molar-refractivity contribution in [3.05, 3.63) is 28.2 Å². The van der Waals surface area contributed by atoms with Crippen molar-refractivity contribution < 1.29 is 21.6 Å². The van der Waals surface area contributed by atoms with Crippen molar-refractivity contribution in [1.82, 2.24) is 9.21 Å². The number of hydrogen-bond acceptors (Lipinski definition) is 6. The minimum atomic E-state index is -3.77. The second kappa shape index (κ2) is 9.09. The number of sulfonamides is 1. The van der Waals surface area contributed by atoms with Crippen LogP contribution < -0.4 is 0 Å². The molecule has 0 N–H and O–H groups in total. The lowest BCUT2D eigenvalue weighted by Crippen LogP contribution is -2.43. The van der Waals surface area contributed by atoms with Crippen LogP contribution in [0.15, 0.2) is 27.6 Å². The van der Waals surface area contributed by atoms with E-state index in [9.17, 15) is 16.8 Å². The number of rotatable bonds is 7. The van der Waals surface area contributed by atoms with Crippen molar-refractivity contribution in [2.45, 2.75) is 30.7 Å². The minimum absolute atomic E-state index is 0.0481. The zero-order valence-corrected chi connectivity index (χ0v) is 19.2. The van der Waals surface area contributed by atoms with Gasteiger partial charge in [0.25, 0.3) is 0 Å². The van der Waals surface area contributed by atoms with Crippen LogP contribution in [-0.4, -0.2) is 83.0 Å². The zero-order chi connectivity index (χ0) is 20.4. The molecule has 0 radical (unpaired) electrons. The van der Waals surface area contributed by atoms with E-state index in [2.05, 4.69) is 20.8 Å². The average Bonchev–Trinajstić information content (AvgIpc) is 3.01. The largest absolute Gasteiger partial charge is 0.379 e. The van der Waals surface area contributed by atoms with Gasteiger partial charge < -0.3 is 4.74 Å². The number of ether oxygens (including phenoxy) is 1. The topological polar surface area (TPSA) is 84.0 Å². The van der Waals surface area contributed by atoms with Gasteiger partial charge >= 0.3 is 0 Å². The molecular weight excluding hydrogens is 468 g/mol. The Morgan fingerprint density at radius 3 is 2.61 bits per heavy atom. The number of morpholine rings is 1. The van der Waals surface area contributed by atoms with E-state index in [1.165, 1.54) is 4.31 Å². The Morgan fingerprint density at radius 1 is 1.29 bits per heavy atom. The molecule has 0 amide bonds. The van der Waals surface area contributed by atoms with Crippen LogP contribution in [0.25, 0.3) is 0 Å². The summed E-state index contributed by atoms with van der Waals surface area (Å²) in [4.78, 5) is 2.47. The SMILES string of the molecule is Cc1cc(S(=O)(=O)N(CCCN2CCOCC2)C2CCS(=O)(=O)C2)ccc1Br. The fraction of sp³-hybridized carbons (Fsp3) is 0.667. The molecule has 0 spiro atoms. The van der Waals surface area contributed by atoms with E-state index in [0.717, 1.165) is 29.7 Å². The lowest BCUT2D eigenvalue weighted by atomic mass is 10.2. The number of halogens is 1. The van der Waals surface area contributed by atoms with Gasteiger partial charge in [0.05, 0.1) is 29.6 Å². The highest BCUT2D eigenvalue weighted by Gasteiger charge is 2.38. The van der Waals surface area contributed by atoms with Gasteiger partial charge in [-0.3, -0.25) is 4.90 Å². The van der Waals surface area contributed by atoms with Gasteiger partial charge in [-0.25, -0.2) is 16.8 Å². The molecule has 158 valence electrons. The van der Waals surface area contributed by atoms with Crippen molar-refractivity contribution in [2.24, 2.45) is 0 Å². The first kappa shape index (κ1) is 22.2. The molecule has 1 unspecified atom stereocenters. The molecule has 0 bridgehead atoms. The number of benzene rings is 1. The van der Waals surface area contributed by atoms with Gasteiger partial charge in [0.2, 0.25) is 10.0 Å². The molecule has 7 nitrogen and oxygen atoms in total. The lowest BCUT2D eigenvalue weighted by Gasteiger charge is -2.30. The Hall–Kier alpha value is -0.520. The Morgan fingerprint density at radius 2 is 2.00 bits per heavy atom. The molecule has 2 saturated heterocycles. The van der Waals surface area contributed by atoms with Gasteiger partial charge in [-0.2, -0.15) is 4.31 Å². The molecule has 0 saturated carbocycles. The third-order valence-corrected chi connectivity index (χ3v) is 9.90. The van der Waals surface area contributed by atoms with E-state index in [4.69, 9.17) is 4.74 Å². The van der Waals surface area contributed by atoms with Gasteiger partial charge in [0.1, 0.15) is 0 Å². The lowest BCUT2D eigenvalue weighted by molar-refractivity contribution is 0.0367. The third-order valence-electron chi connectivity index (χ3n) is 5.31. The van der Waals surface area contributed by atoms with Gasteiger partial charge in [-0.15, -0.1) is 0 Å². The predicted molar refractivity (Wildman–Crippen MR) is 112 cm³/mol. The smallest absolute Gasteiger partial charge is 0.243 e. The van der Waals surface area contributed by atoms with Crippen molar-refractivity contribution in [3.63, 3.8) is 0 Å². The van der Waals surface area contributed by atoms with Crippen LogP contribution in [0.2, 0.25) is 0 Å². The van der Waals surface area contributed by atoms with E-state index < -0.39 is 25.9 Å². The molecule has 2 aliphatic heterocycles. The molecule has 2 heterocycles. The Bertz CT molecular complexity index is 899. The van der Waals surface area contributed by atoms with Gasteiger partial charge in [0, 0.05) is 30.1 Å². The molecule has 0 aromatic heterocycles. The van der Waals surface area contributed by atoms with Gasteiger partial charge in [-0.1, -0.05) is 15.9 Å². The predicted octanol–water partition coefficient (Wildman–Crippen LogP) is 1.66. The summed E-state index contributed by atoms with van der Waals surface area (Å²) < 4.78 is 58.3. The summed E-state index contributed by atoms with van der Waals surface area (Å²) in [5, 5.41) is 0. The first-order valence-electron chi connectivity index (χ1n) is 9.47. The van der Waals surface area contributed by atoms with Gasteiger partial charge in [0.15, 0.2) is 9.84 Å². The Balaban J connectivity index is 1.79. The molecule has 2 fully saturated rings. The quantitative estimate of drug-likeness (QED) is 0.572. The maximum Gasteiger partial charge on any atom is 0.243 e. The highest BCUT2D eigenvalue weighted by atomic mass is 79.9. The van der Waals surface area contributed by atoms with Crippen LogP contribution >= 0.6 is 15.9 Å². The maximum absolute atomic E-state index is 13.4. The van der Waals surface area contributed by atoms with E-state index >= 15 is 0 Å². The number of aryl methyl sites for hydroxylation is 1. The molecule has 1 atom stereocenters.